The maximum absolute atomic E-state index is 4.54. The maximum Gasteiger partial charge on any atom is 0.0776 e. The Kier molecular flexibility index (Phi) is 4.47. The van der Waals surface area contributed by atoms with Crippen LogP contribution in [0.15, 0.2) is 47.5 Å². The topological polar surface area (TPSA) is 12.4 Å². The molecule has 0 saturated carbocycles. The number of para-hydroxylation sites is 1. The number of rotatable bonds is 3. The zero-order valence-electron chi connectivity index (χ0n) is 8.66. The highest BCUT2D eigenvalue weighted by Gasteiger charge is 1.97. The van der Waals surface area contributed by atoms with Gasteiger partial charge in [-0.05, 0) is 25.3 Å². The van der Waals surface area contributed by atoms with Gasteiger partial charge in [0.2, 0.25) is 0 Å². The molecule has 0 aliphatic carbocycles. The first-order valence-corrected chi connectivity index (χ1v) is 5.76. The molecule has 1 aromatic carbocycles. The van der Waals surface area contributed by atoms with Crippen molar-refractivity contribution in [3.63, 3.8) is 0 Å². The first kappa shape index (κ1) is 11.1. The average Bonchev–Trinajstić information content (AvgIpc) is 2.17. The molecular weight excluding hydrogens is 190 g/mol. The molecule has 0 heterocycles. The van der Waals surface area contributed by atoms with Crippen molar-refractivity contribution in [2.24, 2.45) is 4.99 Å². The zero-order chi connectivity index (χ0) is 10.4. The van der Waals surface area contributed by atoms with Gasteiger partial charge < -0.3 is 0 Å². The second kappa shape index (κ2) is 5.66. The Balaban J connectivity index is 2.78. The highest BCUT2D eigenvalue weighted by atomic mass is 32.2. The van der Waals surface area contributed by atoms with Gasteiger partial charge in [0.25, 0.3) is 0 Å². The van der Waals surface area contributed by atoms with Gasteiger partial charge in [0.15, 0.2) is 0 Å². The van der Waals surface area contributed by atoms with Gasteiger partial charge in [-0.3, -0.25) is 0 Å². The van der Waals surface area contributed by atoms with Crippen molar-refractivity contribution >= 4 is 22.5 Å². The molecule has 0 spiro atoms. The Morgan fingerprint density at radius 1 is 1.36 bits per heavy atom. The van der Waals surface area contributed by atoms with Crippen LogP contribution in [-0.2, 0) is 0 Å². The molecule has 2 heteroatoms. The van der Waals surface area contributed by atoms with Crippen LogP contribution in [0.1, 0.15) is 13.3 Å². The molecule has 0 aromatic heterocycles. The number of benzene rings is 1. The summed E-state index contributed by atoms with van der Waals surface area (Å²) in [7, 11) is 0. The predicted octanol–water partition coefficient (Wildman–Crippen LogP) is 4.05. The summed E-state index contributed by atoms with van der Waals surface area (Å²) in [4.78, 5) is 4.54. The first-order chi connectivity index (χ1) is 6.72. The van der Waals surface area contributed by atoms with E-state index in [1.54, 1.807) is 11.8 Å². The smallest absolute Gasteiger partial charge is 0.0776 e. The van der Waals surface area contributed by atoms with E-state index in [2.05, 4.69) is 11.6 Å². The number of hydrogen-bond acceptors (Lipinski definition) is 2. The van der Waals surface area contributed by atoms with Crippen LogP contribution >= 0.6 is 11.8 Å². The van der Waals surface area contributed by atoms with Gasteiger partial charge in [0.05, 0.1) is 10.7 Å². The summed E-state index contributed by atoms with van der Waals surface area (Å²) in [6.45, 7) is 5.91. The number of hydrogen-bond donors (Lipinski definition) is 0. The third-order valence-electron chi connectivity index (χ3n) is 1.70. The fourth-order valence-corrected chi connectivity index (χ4v) is 1.65. The summed E-state index contributed by atoms with van der Waals surface area (Å²) in [5.41, 5.74) is 2.16. The second-order valence-corrected chi connectivity index (χ2v) is 4.06. The van der Waals surface area contributed by atoms with E-state index in [0.29, 0.717) is 0 Å². The number of aliphatic imine (C=N–C) groups is 1. The van der Waals surface area contributed by atoms with Crippen LogP contribution in [0, 0.1) is 0 Å². The van der Waals surface area contributed by atoms with Gasteiger partial charge in [-0.1, -0.05) is 30.4 Å². The fraction of sp³-hybridized carbons (Fsp3) is 0.250. The van der Waals surface area contributed by atoms with Gasteiger partial charge in [-0.2, -0.15) is 0 Å². The maximum atomic E-state index is 4.54. The summed E-state index contributed by atoms with van der Waals surface area (Å²) >= 11 is 1.68. The van der Waals surface area contributed by atoms with Crippen molar-refractivity contribution in [2.45, 2.75) is 13.3 Å². The molecule has 1 aromatic rings. The number of thioether (sulfide) groups is 1. The fourth-order valence-electron chi connectivity index (χ4n) is 1.06. The summed E-state index contributed by atoms with van der Waals surface area (Å²) in [6, 6.07) is 10.0. The van der Waals surface area contributed by atoms with Crippen LogP contribution in [0.4, 0.5) is 5.69 Å². The van der Waals surface area contributed by atoms with Crippen molar-refractivity contribution in [3.8, 4) is 0 Å². The summed E-state index contributed by atoms with van der Waals surface area (Å²) in [5.74, 6) is 0. The van der Waals surface area contributed by atoms with Crippen molar-refractivity contribution < 1.29 is 0 Å². The monoisotopic (exact) mass is 205 g/mol. The van der Waals surface area contributed by atoms with Gasteiger partial charge >= 0.3 is 0 Å². The van der Waals surface area contributed by atoms with Crippen LogP contribution in [0.3, 0.4) is 0 Å². The summed E-state index contributed by atoms with van der Waals surface area (Å²) in [5, 5.41) is 1.11. The van der Waals surface area contributed by atoms with Crippen LogP contribution in [0.25, 0.3) is 0 Å². The number of allylic oxidation sites excluding steroid dienone is 1. The van der Waals surface area contributed by atoms with E-state index in [1.807, 2.05) is 43.5 Å². The lowest BCUT2D eigenvalue weighted by molar-refractivity contribution is 1.29. The molecule has 74 valence electrons. The van der Waals surface area contributed by atoms with E-state index in [0.717, 1.165) is 22.7 Å². The number of nitrogens with zero attached hydrogens (tertiary/aromatic N) is 1. The molecule has 0 saturated heterocycles. The third-order valence-corrected chi connectivity index (χ3v) is 2.41. The predicted molar refractivity (Wildman–Crippen MR) is 66.5 cm³/mol. The highest BCUT2D eigenvalue weighted by Crippen LogP contribution is 2.16. The normalized spacial score (nSPS) is 11.4. The van der Waals surface area contributed by atoms with E-state index in [-0.39, 0.29) is 0 Å². The molecule has 0 fully saturated rings. The lowest BCUT2D eigenvalue weighted by Gasteiger charge is -2.02. The Labute approximate surface area is 89.9 Å². The molecule has 0 N–H and O–H groups in total. The molecular formula is C12H15NS. The van der Waals surface area contributed by atoms with Crippen molar-refractivity contribution in [1.82, 2.24) is 0 Å². The van der Waals surface area contributed by atoms with Gasteiger partial charge in [0.1, 0.15) is 0 Å². The first-order valence-electron chi connectivity index (χ1n) is 4.53. The lowest BCUT2D eigenvalue weighted by Crippen LogP contribution is -1.90. The minimum atomic E-state index is 0.871. The Hall–Kier alpha value is -1.02. The van der Waals surface area contributed by atoms with E-state index >= 15 is 0 Å². The third kappa shape index (κ3) is 3.79. The lowest BCUT2D eigenvalue weighted by atomic mass is 10.2. The van der Waals surface area contributed by atoms with Crippen LogP contribution in [0.5, 0.6) is 0 Å². The molecule has 14 heavy (non-hydrogen) atoms. The average molecular weight is 205 g/mol. The standard InChI is InChI=1S/C12H15NS/c1-10(2)9-12(14-3)13-11-7-5-4-6-8-11/h4-8H,1,9H2,2-3H3. The molecule has 0 bridgehead atoms. The van der Waals surface area contributed by atoms with Crippen molar-refractivity contribution in [2.75, 3.05) is 6.26 Å². The highest BCUT2D eigenvalue weighted by molar-refractivity contribution is 8.13. The Bertz CT molecular complexity index is 327. The summed E-state index contributed by atoms with van der Waals surface area (Å²) in [6.07, 6.45) is 2.92. The van der Waals surface area contributed by atoms with E-state index < -0.39 is 0 Å². The quantitative estimate of drug-likeness (QED) is 0.412. The van der Waals surface area contributed by atoms with E-state index in [1.165, 1.54) is 0 Å². The molecule has 1 nitrogen and oxygen atoms in total. The molecule has 0 unspecified atom stereocenters. The minimum Gasteiger partial charge on any atom is -0.246 e. The molecule has 0 amide bonds. The van der Waals surface area contributed by atoms with Gasteiger partial charge in [0, 0.05) is 6.42 Å². The largest absolute Gasteiger partial charge is 0.246 e. The minimum absolute atomic E-state index is 0.871. The second-order valence-electron chi connectivity index (χ2n) is 3.18. The SMILES string of the molecule is C=C(C)CC(=Nc1ccccc1)SC. The summed E-state index contributed by atoms with van der Waals surface area (Å²) < 4.78 is 0. The Morgan fingerprint density at radius 3 is 2.50 bits per heavy atom. The molecule has 0 aliphatic heterocycles. The van der Waals surface area contributed by atoms with E-state index in [9.17, 15) is 0 Å². The molecule has 0 aliphatic rings. The molecule has 0 atom stereocenters. The zero-order valence-corrected chi connectivity index (χ0v) is 9.47. The van der Waals surface area contributed by atoms with Gasteiger partial charge in [-0.15, -0.1) is 11.8 Å². The van der Waals surface area contributed by atoms with Crippen molar-refractivity contribution in [3.05, 3.63) is 42.5 Å². The molecule has 1 rings (SSSR count). The van der Waals surface area contributed by atoms with Crippen LogP contribution in [-0.4, -0.2) is 11.3 Å². The van der Waals surface area contributed by atoms with Crippen LogP contribution < -0.4 is 0 Å². The van der Waals surface area contributed by atoms with Crippen molar-refractivity contribution in [1.29, 1.82) is 0 Å². The van der Waals surface area contributed by atoms with Gasteiger partial charge in [-0.25, -0.2) is 4.99 Å². The van der Waals surface area contributed by atoms with Crippen LogP contribution in [0.2, 0.25) is 0 Å². The van der Waals surface area contributed by atoms with E-state index in [4.69, 9.17) is 0 Å². The molecule has 0 radical (unpaired) electrons. The Morgan fingerprint density at radius 2 is 2.00 bits per heavy atom.